The number of aromatic carboxylic acids is 1. The highest BCUT2D eigenvalue weighted by Gasteiger charge is 2.18. The average molecular weight is 282 g/mol. The van der Waals surface area contributed by atoms with Crippen molar-refractivity contribution in [1.29, 1.82) is 0 Å². The average Bonchev–Trinajstić information content (AvgIpc) is 2.38. The van der Waals surface area contributed by atoms with Crippen LogP contribution in [-0.2, 0) is 0 Å². The van der Waals surface area contributed by atoms with Gasteiger partial charge >= 0.3 is 11.7 Å². The molecule has 0 bridgehead atoms. The second-order valence-corrected chi connectivity index (χ2v) is 4.66. The van der Waals surface area contributed by atoms with Gasteiger partial charge in [0.1, 0.15) is 0 Å². The van der Waals surface area contributed by atoms with E-state index < -0.39 is 10.9 Å². The quantitative estimate of drug-likeness (QED) is 0.575. The SMILES string of the molecule is CC(C)N(C)CCNc1ncc(C(=O)O)cc1[N+](=O)[O-]. The van der Waals surface area contributed by atoms with Gasteiger partial charge in [0.05, 0.1) is 10.5 Å². The normalized spacial score (nSPS) is 10.8. The summed E-state index contributed by atoms with van der Waals surface area (Å²) < 4.78 is 0. The molecule has 0 spiro atoms. The van der Waals surface area contributed by atoms with Crippen LogP contribution in [0, 0.1) is 10.1 Å². The fourth-order valence-electron chi connectivity index (χ4n) is 1.45. The Kier molecular flexibility index (Phi) is 5.39. The first-order valence-electron chi connectivity index (χ1n) is 6.14. The third-order valence-electron chi connectivity index (χ3n) is 2.95. The number of hydrogen-bond acceptors (Lipinski definition) is 6. The van der Waals surface area contributed by atoms with E-state index in [0.717, 1.165) is 12.3 Å². The largest absolute Gasteiger partial charge is 0.478 e. The summed E-state index contributed by atoms with van der Waals surface area (Å²) in [6.07, 6.45) is 1.10. The molecule has 0 unspecified atom stereocenters. The Hall–Kier alpha value is -2.22. The Morgan fingerprint density at radius 1 is 1.60 bits per heavy atom. The zero-order chi connectivity index (χ0) is 15.3. The zero-order valence-corrected chi connectivity index (χ0v) is 11.7. The van der Waals surface area contributed by atoms with Crippen molar-refractivity contribution in [3.8, 4) is 0 Å². The summed E-state index contributed by atoms with van der Waals surface area (Å²) in [6.45, 7) is 5.26. The van der Waals surface area contributed by atoms with Crippen molar-refractivity contribution in [1.82, 2.24) is 9.88 Å². The summed E-state index contributed by atoms with van der Waals surface area (Å²) in [5.41, 5.74) is -0.543. The summed E-state index contributed by atoms with van der Waals surface area (Å²) in [7, 11) is 1.95. The van der Waals surface area contributed by atoms with E-state index in [2.05, 4.69) is 15.2 Å². The Morgan fingerprint density at radius 3 is 2.75 bits per heavy atom. The molecule has 0 aliphatic carbocycles. The van der Waals surface area contributed by atoms with E-state index >= 15 is 0 Å². The Bertz CT molecular complexity index is 504. The predicted octanol–water partition coefficient (Wildman–Crippen LogP) is 1.44. The number of carboxylic acid groups (broad SMARTS) is 1. The first-order chi connectivity index (χ1) is 9.32. The number of hydrogen-bond donors (Lipinski definition) is 2. The molecule has 1 aromatic heterocycles. The van der Waals surface area contributed by atoms with Crippen LogP contribution in [0.25, 0.3) is 0 Å². The molecule has 1 rings (SSSR count). The molecule has 0 aliphatic heterocycles. The minimum Gasteiger partial charge on any atom is -0.478 e. The Balaban J connectivity index is 2.79. The van der Waals surface area contributed by atoms with Gasteiger partial charge in [-0.15, -0.1) is 0 Å². The summed E-state index contributed by atoms with van der Waals surface area (Å²) in [5.74, 6) is -1.16. The molecule has 0 radical (unpaired) electrons. The molecule has 20 heavy (non-hydrogen) atoms. The molecule has 2 N–H and O–H groups in total. The molecule has 0 amide bonds. The molecule has 0 saturated heterocycles. The van der Waals surface area contributed by atoms with Crippen LogP contribution in [0.3, 0.4) is 0 Å². The highest BCUT2D eigenvalue weighted by molar-refractivity contribution is 5.88. The van der Waals surface area contributed by atoms with Gasteiger partial charge in [-0.3, -0.25) is 10.1 Å². The summed E-state index contributed by atoms with van der Waals surface area (Å²) >= 11 is 0. The van der Waals surface area contributed by atoms with Crippen molar-refractivity contribution in [2.75, 3.05) is 25.5 Å². The van der Waals surface area contributed by atoms with Crippen LogP contribution in [-0.4, -0.2) is 52.1 Å². The first kappa shape index (κ1) is 15.8. The number of aromatic nitrogens is 1. The van der Waals surface area contributed by atoms with Gasteiger partial charge in [-0.2, -0.15) is 0 Å². The monoisotopic (exact) mass is 282 g/mol. The minimum absolute atomic E-state index is 0.0807. The van der Waals surface area contributed by atoms with Gasteiger partial charge in [-0.05, 0) is 20.9 Å². The Morgan fingerprint density at radius 2 is 2.25 bits per heavy atom. The molecule has 8 nitrogen and oxygen atoms in total. The molecule has 1 aromatic rings. The standard InChI is InChI=1S/C12H18N4O4/c1-8(2)15(3)5-4-13-11-10(16(19)20)6-9(7-14-11)12(17)18/h6-8H,4-5H2,1-3H3,(H,13,14)(H,17,18). The van der Waals surface area contributed by atoms with E-state index in [9.17, 15) is 14.9 Å². The lowest BCUT2D eigenvalue weighted by Gasteiger charge is -2.20. The van der Waals surface area contributed by atoms with Crippen molar-refractivity contribution in [2.45, 2.75) is 19.9 Å². The van der Waals surface area contributed by atoms with Gasteiger partial charge in [0.25, 0.3) is 0 Å². The first-order valence-corrected chi connectivity index (χ1v) is 6.14. The molecular formula is C12H18N4O4. The molecule has 1 heterocycles. The second kappa shape index (κ2) is 6.80. The fraction of sp³-hybridized carbons (Fsp3) is 0.500. The number of nitrogens with zero attached hydrogens (tertiary/aromatic N) is 3. The van der Waals surface area contributed by atoms with E-state index in [1.165, 1.54) is 0 Å². The van der Waals surface area contributed by atoms with E-state index in [-0.39, 0.29) is 17.1 Å². The van der Waals surface area contributed by atoms with E-state index in [4.69, 9.17) is 5.11 Å². The van der Waals surface area contributed by atoms with E-state index in [0.29, 0.717) is 19.1 Å². The molecule has 8 heteroatoms. The van der Waals surface area contributed by atoms with Crippen LogP contribution in [0.15, 0.2) is 12.3 Å². The second-order valence-electron chi connectivity index (χ2n) is 4.66. The van der Waals surface area contributed by atoms with Crippen molar-refractivity contribution in [3.05, 3.63) is 27.9 Å². The number of carboxylic acids is 1. The number of anilines is 1. The predicted molar refractivity (Wildman–Crippen MR) is 74.1 cm³/mol. The van der Waals surface area contributed by atoms with Crippen LogP contribution < -0.4 is 5.32 Å². The minimum atomic E-state index is -1.24. The van der Waals surface area contributed by atoms with Crippen LogP contribution in [0.4, 0.5) is 11.5 Å². The Labute approximate surface area is 116 Å². The number of carbonyl (C=O) groups is 1. The summed E-state index contributed by atoms with van der Waals surface area (Å²) in [4.78, 5) is 26.9. The van der Waals surface area contributed by atoms with E-state index in [1.807, 2.05) is 20.9 Å². The van der Waals surface area contributed by atoms with Crippen molar-refractivity contribution in [3.63, 3.8) is 0 Å². The van der Waals surface area contributed by atoms with Gasteiger partial charge in [-0.1, -0.05) is 0 Å². The highest BCUT2D eigenvalue weighted by atomic mass is 16.6. The third kappa shape index (κ3) is 4.16. The molecule has 110 valence electrons. The maximum absolute atomic E-state index is 10.9. The number of nitrogens with one attached hydrogen (secondary N) is 1. The number of likely N-dealkylation sites (N-methyl/N-ethyl adjacent to an activating group) is 1. The maximum atomic E-state index is 10.9. The van der Waals surface area contributed by atoms with Gasteiger partial charge < -0.3 is 15.3 Å². The number of nitro groups is 1. The van der Waals surface area contributed by atoms with Gasteiger partial charge in [-0.25, -0.2) is 9.78 Å². The molecular weight excluding hydrogens is 264 g/mol. The lowest BCUT2D eigenvalue weighted by Crippen LogP contribution is -2.31. The summed E-state index contributed by atoms with van der Waals surface area (Å²) in [6, 6.07) is 1.37. The van der Waals surface area contributed by atoms with Crippen LogP contribution in [0.1, 0.15) is 24.2 Å². The van der Waals surface area contributed by atoms with Crippen LogP contribution >= 0.6 is 0 Å². The molecule has 0 saturated carbocycles. The van der Waals surface area contributed by atoms with Gasteiger partial charge in [0.2, 0.25) is 5.82 Å². The fourth-order valence-corrected chi connectivity index (χ4v) is 1.45. The smallest absolute Gasteiger partial charge is 0.337 e. The maximum Gasteiger partial charge on any atom is 0.337 e. The molecule has 0 aliphatic rings. The molecule has 0 aromatic carbocycles. The third-order valence-corrected chi connectivity index (χ3v) is 2.95. The van der Waals surface area contributed by atoms with Gasteiger partial charge in [0.15, 0.2) is 0 Å². The zero-order valence-electron chi connectivity index (χ0n) is 11.7. The van der Waals surface area contributed by atoms with Crippen molar-refractivity contribution < 1.29 is 14.8 Å². The van der Waals surface area contributed by atoms with Crippen molar-refractivity contribution >= 4 is 17.5 Å². The number of pyridine rings is 1. The summed E-state index contributed by atoms with van der Waals surface area (Å²) in [5, 5.41) is 22.6. The highest BCUT2D eigenvalue weighted by Crippen LogP contribution is 2.22. The van der Waals surface area contributed by atoms with Crippen LogP contribution in [0.2, 0.25) is 0 Å². The lowest BCUT2D eigenvalue weighted by atomic mass is 10.2. The van der Waals surface area contributed by atoms with E-state index in [1.54, 1.807) is 0 Å². The topological polar surface area (TPSA) is 109 Å². The molecule has 0 atom stereocenters. The van der Waals surface area contributed by atoms with Crippen molar-refractivity contribution in [2.24, 2.45) is 0 Å². The number of rotatable bonds is 7. The lowest BCUT2D eigenvalue weighted by molar-refractivity contribution is -0.384. The van der Waals surface area contributed by atoms with Gasteiger partial charge in [0, 0.05) is 31.4 Å². The van der Waals surface area contributed by atoms with Crippen LogP contribution in [0.5, 0.6) is 0 Å². The molecule has 0 fully saturated rings.